The Morgan fingerprint density at radius 3 is 2.80 bits per heavy atom. The molecule has 0 aromatic carbocycles. The molecule has 0 unspecified atom stereocenters. The third kappa shape index (κ3) is 4.48. The summed E-state index contributed by atoms with van der Waals surface area (Å²) in [6.45, 7) is 4.14. The summed E-state index contributed by atoms with van der Waals surface area (Å²) in [5.74, 6) is 0. The van der Waals surface area contributed by atoms with Gasteiger partial charge < -0.3 is 19.9 Å². The lowest BCUT2D eigenvalue weighted by Crippen LogP contribution is -2.39. The van der Waals surface area contributed by atoms with Crippen molar-refractivity contribution in [2.24, 2.45) is 5.41 Å². The van der Waals surface area contributed by atoms with E-state index >= 15 is 0 Å². The van der Waals surface area contributed by atoms with E-state index < -0.39 is 6.09 Å². The van der Waals surface area contributed by atoms with Crippen LogP contribution >= 0.6 is 0 Å². The number of aliphatic hydroxyl groups excluding tert-OH is 1. The Balaban J connectivity index is 2.19. The molecule has 0 atom stereocenters. The second kappa shape index (κ2) is 5.92. The molecule has 15 heavy (non-hydrogen) atoms. The number of hydrogen-bond donors (Lipinski definition) is 2. The average Bonchev–Trinajstić information content (AvgIpc) is 2.25. The Labute approximate surface area is 89.8 Å². The fourth-order valence-electron chi connectivity index (χ4n) is 1.52. The maximum atomic E-state index is 11.1. The molecule has 5 nitrogen and oxygen atoms in total. The summed E-state index contributed by atoms with van der Waals surface area (Å²) < 4.78 is 9.96. The number of carbonyl (C=O) groups excluding carboxylic acids is 1. The van der Waals surface area contributed by atoms with E-state index in [0.29, 0.717) is 6.54 Å². The summed E-state index contributed by atoms with van der Waals surface area (Å²) in [5.41, 5.74) is 0.108. The first-order valence-corrected chi connectivity index (χ1v) is 5.25. The van der Waals surface area contributed by atoms with Gasteiger partial charge in [0.15, 0.2) is 0 Å². The molecule has 1 saturated heterocycles. The van der Waals surface area contributed by atoms with Crippen LogP contribution in [0.25, 0.3) is 0 Å². The summed E-state index contributed by atoms with van der Waals surface area (Å²) in [5, 5.41) is 11.2. The Kier molecular flexibility index (Phi) is 4.84. The topological polar surface area (TPSA) is 67.8 Å². The van der Waals surface area contributed by atoms with Crippen LogP contribution in [-0.4, -0.2) is 44.2 Å². The Morgan fingerprint density at radius 2 is 2.20 bits per heavy atom. The molecule has 1 rings (SSSR count). The van der Waals surface area contributed by atoms with Gasteiger partial charge in [0.05, 0.1) is 6.61 Å². The molecule has 0 aliphatic carbocycles. The van der Waals surface area contributed by atoms with Crippen molar-refractivity contribution in [3.8, 4) is 0 Å². The van der Waals surface area contributed by atoms with Gasteiger partial charge in [0.25, 0.3) is 0 Å². The zero-order valence-corrected chi connectivity index (χ0v) is 9.12. The van der Waals surface area contributed by atoms with E-state index in [2.05, 4.69) is 12.2 Å². The summed E-state index contributed by atoms with van der Waals surface area (Å²) in [6.07, 6.45) is 1.44. The standard InChI is InChI=1S/C10H19NO4/c1-10(2-5-14-6-3-10)8-11-9(13)15-7-4-12/h12H,2-8H2,1H3,(H,11,13). The number of carbonyl (C=O) groups is 1. The summed E-state index contributed by atoms with van der Waals surface area (Å²) >= 11 is 0. The smallest absolute Gasteiger partial charge is 0.407 e. The highest BCUT2D eigenvalue weighted by Gasteiger charge is 2.27. The first-order valence-electron chi connectivity index (χ1n) is 5.25. The van der Waals surface area contributed by atoms with Crippen molar-refractivity contribution in [1.29, 1.82) is 0 Å². The van der Waals surface area contributed by atoms with Crippen molar-refractivity contribution < 1.29 is 19.4 Å². The highest BCUT2D eigenvalue weighted by molar-refractivity contribution is 5.67. The molecular weight excluding hydrogens is 198 g/mol. The van der Waals surface area contributed by atoms with Crippen LogP contribution in [-0.2, 0) is 9.47 Å². The van der Waals surface area contributed by atoms with Crippen LogP contribution < -0.4 is 5.32 Å². The third-order valence-corrected chi connectivity index (χ3v) is 2.68. The van der Waals surface area contributed by atoms with Crippen LogP contribution in [0.5, 0.6) is 0 Å². The highest BCUT2D eigenvalue weighted by Crippen LogP contribution is 2.28. The number of alkyl carbamates (subject to hydrolysis) is 1. The Hall–Kier alpha value is -0.810. The minimum absolute atomic E-state index is 0.0473. The van der Waals surface area contributed by atoms with Gasteiger partial charge in [-0.05, 0) is 18.3 Å². The molecule has 2 N–H and O–H groups in total. The molecule has 1 fully saturated rings. The number of ether oxygens (including phenoxy) is 2. The quantitative estimate of drug-likeness (QED) is 0.720. The second-order valence-electron chi connectivity index (χ2n) is 4.14. The maximum absolute atomic E-state index is 11.1. The molecule has 0 radical (unpaired) electrons. The van der Waals surface area contributed by atoms with E-state index in [9.17, 15) is 4.79 Å². The molecule has 1 heterocycles. The van der Waals surface area contributed by atoms with Crippen LogP contribution in [0.15, 0.2) is 0 Å². The van der Waals surface area contributed by atoms with E-state index in [1.165, 1.54) is 0 Å². The number of aliphatic hydroxyl groups is 1. The van der Waals surface area contributed by atoms with Gasteiger partial charge in [-0.1, -0.05) is 6.92 Å². The third-order valence-electron chi connectivity index (χ3n) is 2.68. The number of nitrogens with one attached hydrogen (secondary N) is 1. The van der Waals surface area contributed by atoms with E-state index in [1.807, 2.05) is 0 Å². The minimum Gasteiger partial charge on any atom is -0.447 e. The predicted molar refractivity (Wildman–Crippen MR) is 54.6 cm³/mol. The zero-order valence-electron chi connectivity index (χ0n) is 9.12. The molecule has 1 aliphatic heterocycles. The van der Waals surface area contributed by atoms with Crippen molar-refractivity contribution >= 4 is 6.09 Å². The Morgan fingerprint density at radius 1 is 1.53 bits per heavy atom. The summed E-state index contributed by atoms with van der Waals surface area (Å²) in [7, 11) is 0. The van der Waals surface area contributed by atoms with Crippen LogP contribution in [0.2, 0.25) is 0 Å². The van der Waals surface area contributed by atoms with Gasteiger partial charge in [-0.3, -0.25) is 0 Å². The number of amides is 1. The molecule has 0 saturated carbocycles. The summed E-state index contributed by atoms with van der Waals surface area (Å²) in [6, 6.07) is 0. The van der Waals surface area contributed by atoms with Gasteiger partial charge in [-0.25, -0.2) is 4.79 Å². The van der Waals surface area contributed by atoms with Crippen molar-refractivity contribution in [2.75, 3.05) is 33.0 Å². The zero-order chi connectivity index (χ0) is 11.1. The first-order chi connectivity index (χ1) is 7.16. The minimum atomic E-state index is -0.461. The molecule has 0 spiro atoms. The largest absolute Gasteiger partial charge is 0.447 e. The van der Waals surface area contributed by atoms with Gasteiger partial charge in [0, 0.05) is 19.8 Å². The molecule has 88 valence electrons. The van der Waals surface area contributed by atoms with Crippen molar-refractivity contribution in [3.63, 3.8) is 0 Å². The van der Waals surface area contributed by atoms with Crippen LogP contribution in [0.4, 0.5) is 4.79 Å². The molecule has 0 bridgehead atoms. The van der Waals surface area contributed by atoms with Crippen molar-refractivity contribution in [1.82, 2.24) is 5.32 Å². The normalized spacial score (nSPS) is 19.6. The van der Waals surface area contributed by atoms with Gasteiger partial charge in [0.1, 0.15) is 6.61 Å². The van der Waals surface area contributed by atoms with Crippen molar-refractivity contribution in [2.45, 2.75) is 19.8 Å². The fourth-order valence-corrected chi connectivity index (χ4v) is 1.52. The molecule has 0 aromatic heterocycles. The number of hydrogen-bond acceptors (Lipinski definition) is 4. The molecule has 1 aliphatic rings. The molecule has 5 heteroatoms. The second-order valence-corrected chi connectivity index (χ2v) is 4.14. The Bertz CT molecular complexity index is 202. The number of rotatable bonds is 4. The SMILES string of the molecule is CC1(CNC(=O)OCCO)CCOCC1. The van der Waals surface area contributed by atoms with Crippen LogP contribution in [0.3, 0.4) is 0 Å². The van der Waals surface area contributed by atoms with Crippen LogP contribution in [0.1, 0.15) is 19.8 Å². The average molecular weight is 217 g/mol. The van der Waals surface area contributed by atoms with E-state index in [-0.39, 0.29) is 18.6 Å². The maximum Gasteiger partial charge on any atom is 0.407 e. The molecule has 0 aromatic rings. The lowest BCUT2D eigenvalue weighted by Gasteiger charge is -2.33. The van der Waals surface area contributed by atoms with E-state index in [1.54, 1.807) is 0 Å². The fraction of sp³-hybridized carbons (Fsp3) is 0.900. The van der Waals surface area contributed by atoms with Gasteiger partial charge in [-0.2, -0.15) is 0 Å². The molecule has 1 amide bonds. The summed E-state index contributed by atoms with van der Waals surface area (Å²) in [4.78, 5) is 11.1. The van der Waals surface area contributed by atoms with Gasteiger partial charge in [-0.15, -0.1) is 0 Å². The van der Waals surface area contributed by atoms with E-state index in [0.717, 1.165) is 26.1 Å². The first kappa shape index (κ1) is 12.3. The van der Waals surface area contributed by atoms with Crippen molar-refractivity contribution in [3.05, 3.63) is 0 Å². The van der Waals surface area contributed by atoms with Gasteiger partial charge in [0.2, 0.25) is 0 Å². The molecular formula is C10H19NO4. The highest BCUT2D eigenvalue weighted by atomic mass is 16.6. The lowest BCUT2D eigenvalue weighted by molar-refractivity contribution is 0.0232. The van der Waals surface area contributed by atoms with Crippen LogP contribution in [0, 0.1) is 5.41 Å². The monoisotopic (exact) mass is 217 g/mol. The predicted octanol–water partition coefficient (Wildman–Crippen LogP) is 0.522. The van der Waals surface area contributed by atoms with E-state index in [4.69, 9.17) is 14.6 Å². The lowest BCUT2D eigenvalue weighted by atomic mass is 9.82. The van der Waals surface area contributed by atoms with Gasteiger partial charge >= 0.3 is 6.09 Å².